The predicted molar refractivity (Wildman–Crippen MR) is 97.6 cm³/mol. The average Bonchev–Trinajstić information content (AvgIpc) is 3.26. The molecule has 29 heavy (non-hydrogen) atoms. The van der Waals surface area contributed by atoms with Crippen molar-refractivity contribution in [3.63, 3.8) is 0 Å². The smallest absolute Gasteiger partial charge is 0.475 e. The van der Waals surface area contributed by atoms with Crippen molar-refractivity contribution in [2.45, 2.75) is 57.9 Å². The van der Waals surface area contributed by atoms with Gasteiger partial charge in [0.15, 0.2) is 5.69 Å². The number of hydrogen-bond donors (Lipinski definition) is 3. The van der Waals surface area contributed by atoms with Gasteiger partial charge < -0.3 is 15.2 Å². The largest absolute Gasteiger partial charge is 0.490 e. The Hall–Kier alpha value is -2.14. The zero-order chi connectivity index (χ0) is 21.8. The van der Waals surface area contributed by atoms with Crippen molar-refractivity contribution >= 4 is 11.9 Å². The molecule has 1 atom stereocenters. The molecule has 1 fully saturated rings. The summed E-state index contributed by atoms with van der Waals surface area (Å²) in [6.07, 6.45) is -3.11. The topological polar surface area (TPSA) is 108 Å². The second-order valence-electron chi connectivity index (χ2n) is 7.57. The van der Waals surface area contributed by atoms with E-state index in [1.54, 1.807) is 0 Å². The molecule has 1 unspecified atom stereocenters. The van der Waals surface area contributed by atoms with Crippen molar-refractivity contribution in [3.05, 3.63) is 17.0 Å². The summed E-state index contributed by atoms with van der Waals surface area (Å²) in [4.78, 5) is 23.6. The molecule has 2 aliphatic heterocycles. The molecule has 3 rings (SSSR count). The number of H-pyrrole nitrogens is 1. The number of aromatic nitrogens is 2. The van der Waals surface area contributed by atoms with Crippen molar-refractivity contribution in [3.8, 4) is 0 Å². The molecule has 1 aromatic heterocycles. The number of halogens is 3. The van der Waals surface area contributed by atoms with Crippen LogP contribution in [0.1, 0.15) is 55.4 Å². The second kappa shape index (κ2) is 9.12. The van der Waals surface area contributed by atoms with Gasteiger partial charge in [0.05, 0.1) is 18.9 Å². The van der Waals surface area contributed by atoms with Crippen molar-refractivity contribution in [2.24, 2.45) is 0 Å². The van der Waals surface area contributed by atoms with E-state index >= 15 is 0 Å². The van der Waals surface area contributed by atoms with E-state index < -0.39 is 12.1 Å². The van der Waals surface area contributed by atoms with Crippen LogP contribution >= 0.6 is 0 Å². The van der Waals surface area contributed by atoms with E-state index in [9.17, 15) is 18.0 Å². The Morgan fingerprint density at radius 1 is 1.41 bits per heavy atom. The Labute approximate surface area is 166 Å². The second-order valence-corrected chi connectivity index (χ2v) is 7.57. The molecule has 1 saturated heterocycles. The van der Waals surface area contributed by atoms with Gasteiger partial charge in [-0.3, -0.25) is 14.8 Å². The number of aromatic amines is 1. The maximum atomic E-state index is 12.3. The van der Waals surface area contributed by atoms with E-state index in [1.807, 2.05) is 6.92 Å². The number of likely N-dealkylation sites (tertiary alicyclic amines) is 1. The van der Waals surface area contributed by atoms with E-state index in [0.29, 0.717) is 31.5 Å². The standard InChI is InChI=1S/C16H26N4O2.C2HF3O2/c1-4-6-17-15(21)13-12-8-22-10-16(14(12)19-18-13)5-7-20(9-16)11(2)3;3-2(4,5)1(6)7/h11H,4-10H2,1-3H3,(H,17,21)(H,18,19);(H,6,7). The Bertz CT molecular complexity index is 735. The average molecular weight is 420 g/mol. The molecule has 0 aliphatic carbocycles. The van der Waals surface area contributed by atoms with Gasteiger partial charge in [-0.05, 0) is 33.2 Å². The molecule has 8 nitrogen and oxygen atoms in total. The quantitative estimate of drug-likeness (QED) is 0.688. The number of hydrogen-bond acceptors (Lipinski definition) is 5. The van der Waals surface area contributed by atoms with Crippen LogP contribution in [0.4, 0.5) is 13.2 Å². The SMILES string of the molecule is CCCNC(=O)c1n[nH]c2c1COCC21CCN(C(C)C)C1.O=C(O)C(F)(F)F. The molecule has 1 aromatic rings. The third kappa shape index (κ3) is 5.27. The third-order valence-corrected chi connectivity index (χ3v) is 5.13. The molecule has 11 heteroatoms. The van der Waals surface area contributed by atoms with Gasteiger partial charge in [-0.25, -0.2) is 4.79 Å². The highest BCUT2D eigenvalue weighted by Crippen LogP contribution is 2.40. The Morgan fingerprint density at radius 3 is 2.59 bits per heavy atom. The summed E-state index contributed by atoms with van der Waals surface area (Å²) in [5.74, 6) is -2.86. The summed E-state index contributed by atoms with van der Waals surface area (Å²) in [7, 11) is 0. The van der Waals surface area contributed by atoms with Gasteiger partial charge in [-0.2, -0.15) is 18.3 Å². The van der Waals surface area contributed by atoms with Crippen LogP contribution in [0.25, 0.3) is 0 Å². The van der Waals surface area contributed by atoms with Crippen molar-refractivity contribution in [1.29, 1.82) is 0 Å². The molecule has 0 saturated carbocycles. The first-order valence-corrected chi connectivity index (χ1v) is 9.49. The molecule has 0 bridgehead atoms. The number of aliphatic carboxylic acids is 1. The zero-order valence-corrected chi connectivity index (χ0v) is 16.7. The molecule has 2 aliphatic rings. The van der Waals surface area contributed by atoms with Crippen LogP contribution in [0.15, 0.2) is 0 Å². The van der Waals surface area contributed by atoms with Crippen LogP contribution in [-0.4, -0.2) is 70.5 Å². The lowest BCUT2D eigenvalue weighted by Gasteiger charge is -2.33. The first-order chi connectivity index (χ1) is 13.5. The summed E-state index contributed by atoms with van der Waals surface area (Å²) < 4.78 is 37.6. The van der Waals surface area contributed by atoms with Gasteiger partial charge in [0.2, 0.25) is 0 Å². The number of alkyl halides is 3. The van der Waals surface area contributed by atoms with E-state index in [2.05, 4.69) is 34.3 Å². The first-order valence-electron chi connectivity index (χ1n) is 9.49. The fourth-order valence-corrected chi connectivity index (χ4v) is 3.54. The summed E-state index contributed by atoms with van der Waals surface area (Å²) in [5, 5.41) is 17.5. The number of nitrogens with one attached hydrogen (secondary N) is 2. The Morgan fingerprint density at radius 2 is 2.07 bits per heavy atom. The minimum Gasteiger partial charge on any atom is -0.475 e. The summed E-state index contributed by atoms with van der Waals surface area (Å²) in [6, 6.07) is 0.528. The van der Waals surface area contributed by atoms with E-state index in [1.165, 1.54) is 0 Å². The third-order valence-electron chi connectivity index (χ3n) is 5.13. The number of rotatable bonds is 4. The van der Waals surface area contributed by atoms with E-state index in [4.69, 9.17) is 14.6 Å². The lowest BCUT2D eigenvalue weighted by molar-refractivity contribution is -0.192. The molecule has 164 valence electrons. The van der Waals surface area contributed by atoms with Gasteiger partial charge in [0.25, 0.3) is 5.91 Å². The Balaban J connectivity index is 0.000000370. The summed E-state index contributed by atoms with van der Waals surface area (Å²) >= 11 is 0. The van der Waals surface area contributed by atoms with Crippen molar-refractivity contribution in [2.75, 3.05) is 26.2 Å². The number of nitrogens with zero attached hydrogens (tertiary/aromatic N) is 2. The number of ether oxygens (including phenoxy) is 1. The number of carboxylic acid groups (broad SMARTS) is 1. The van der Waals surface area contributed by atoms with Crippen molar-refractivity contribution < 1.29 is 32.6 Å². The normalized spacial score (nSPS) is 21.6. The Kier molecular flexibility index (Phi) is 7.28. The fraction of sp³-hybridized carbons (Fsp3) is 0.722. The van der Waals surface area contributed by atoms with Crippen LogP contribution in [-0.2, 0) is 21.6 Å². The lowest BCUT2D eigenvalue weighted by atomic mass is 9.80. The molecular weight excluding hydrogens is 393 g/mol. The molecule has 3 heterocycles. The van der Waals surface area contributed by atoms with Crippen LogP contribution in [0, 0.1) is 0 Å². The highest BCUT2D eigenvalue weighted by atomic mass is 19.4. The van der Waals surface area contributed by atoms with Crippen molar-refractivity contribution in [1.82, 2.24) is 20.4 Å². The maximum absolute atomic E-state index is 12.3. The summed E-state index contributed by atoms with van der Waals surface area (Å²) in [5.41, 5.74) is 2.54. The number of carbonyl (C=O) groups excluding carboxylic acids is 1. The molecular formula is C18H27F3N4O4. The van der Waals surface area contributed by atoms with Crippen LogP contribution in [0.5, 0.6) is 0 Å². The zero-order valence-electron chi connectivity index (χ0n) is 16.7. The number of amides is 1. The molecule has 3 N–H and O–H groups in total. The minimum absolute atomic E-state index is 0.0336. The monoisotopic (exact) mass is 420 g/mol. The van der Waals surface area contributed by atoms with E-state index in [0.717, 1.165) is 37.2 Å². The summed E-state index contributed by atoms with van der Waals surface area (Å²) in [6.45, 7) is 10.4. The van der Waals surface area contributed by atoms with Crippen LogP contribution in [0.2, 0.25) is 0 Å². The van der Waals surface area contributed by atoms with Gasteiger partial charge in [0, 0.05) is 30.1 Å². The van der Waals surface area contributed by atoms with Crippen LogP contribution in [0.3, 0.4) is 0 Å². The van der Waals surface area contributed by atoms with Gasteiger partial charge in [-0.15, -0.1) is 0 Å². The molecule has 1 spiro atoms. The highest BCUT2D eigenvalue weighted by molar-refractivity contribution is 5.94. The van der Waals surface area contributed by atoms with Gasteiger partial charge in [-0.1, -0.05) is 6.92 Å². The van der Waals surface area contributed by atoms with Crippen LogP contribution < -0.4 is 5.32 Å². The predicted octanol–water partition coefficient (Wildman–Crippen LogP) is 2.06. The van der Waals surface area contributed by atoms with Gasteiger partial charge in [0.1, 0.15) is 0 Å². The number of carboxylic acids is 1. The number of fused-ring (bicyclic) bond motifs is 2. The molecule has 1 amide bonds. The van der Waals surface area contributed by atoms with Gasteiger partial charge >= 0.3 is 12.1 Å². The minimum atomic E-state index is -5.08. The first kappa shape index (κ1) is 23.1. The lowest BCUT2D eigenvalue weighted by Crippen LogP contribution is -2.41. The highest BCUT2D eigenvalue weighted by Gasteiger charge is 2.46. The fourth-order valence-electron chi connectivity index (χ4n) is 3.54. The molecule has 0 aromatic carbocycles. The maximum Gasteiger partial charge on any atom is 0.490 e. The number of carbonyl (C=O) groups is 2. The molecule has 0 radical (unpaired) electrons. The van der Waals surface area contributed by atoms with E-state index in [-0.39, 0.29) is 11.3 Å².